The average Bonchev–Trinajstić information content (AvgIpc) is 3.42. The van der Waals surface area contributed by atoms with Gasteiger partial charge < -0.3 is 24.5 Å². The highest BCUT2D eigenvalue weighted by Crippen LogP contribution is 2.35. The molecule has 1 saturated heterocycles. The Balaban J connectivity index is 1.22. The van der Waals surface area contributed by atoms with Gasteiger partial charge in [0.15, 0.2) is 5.65 Å². The van der Waals surface area contributed by atoms with Crippen LogP contribution in [0.4, 0.5) is 10.2 Å². The van der Waals surface area contributed by atoms with Crippen molar-refractivity contribution in [3.63, 3.8) is 0 Å². The molecule has 0 atom stereocenters. The molecule has 3 aromatic heterocycles. The van der Waals surface area contributed by atoms with Crippen LogP contribution in [-0.2, 0) is 24.9 Å². The number of imidazole rings is 1. The number of benzene rings is 2. The first kappa shape index (κ1) is 24.8. The van der Waals surface area contributed by atoms with Gasteiger partial charge in [0, 0.05) is 36.2 Å². The quantitative estimate of drug-likeness (QED) is 0.309. The Morgan fingerprint density at radius 3 is 2.51 bits per heavy atom. The zero-order valence-electron chi connectivity index (χ0n) is 21.9. The maximum absolute atomic E-state index is 14.3. The summed E-state index contributed by atoms with van der Waals surface area (Å²) in [4.78, 5) is 12.9. The minimum absolute atomic E-state index is 0.00214. The van der Waals surface area contributed by atoms with E-state index in [0.717, 1.165) is 17.1 Å². The molecule has 0 unspecified atom stereocenters. The lowest BCUT2D eigenvalue weighted by Crippen LogP contribution is -2.43. The summed E-state index contributed by atoms with van der Waals surface area (Å²) < 4.78 is 35.3. The largest absolute Gasteiger partial charge is 0.487 e. The molecule has 2 N–H and O–H groups in total. The Bertz CT molecular complexity index is 1660. The van der Waals surface area contributed by atoms with E-state index in [1.807, 2.05) is 35.4 Å². The predicted molar refractivity (Wildman–Crippen MR) is 143 cm³/mol. The summed E-state index contributed by atoms with van der Waals surface area (Å²) >= 11 is 0. The summed E-state index contributed by atoms with van der Waals surface area (Å²) in [5, 5.41) is 5.54. The molecule has 0 bridgehead atoms. The standard InChI is InChI=1S/C28H28FN7O3/c1-17-31-11-20(35(17)3)12-38-22-8-19(29)9-23(10-22)39-21-6-4-18(5-7-21)25-24-26(30)32-16-33-27(24)36(34-25)13-28(2)14-37-15-28/h4-11,16H,12-15H2,1-3H3,(H2,30,32,33). The summed E-state index contributed by atoms with van der Waals surface area (Å²) in [6.45, 7) is 6.33. The van der Waals surface area contributed by atoms with Gasteiger partial charge in [0.1, 0.15) is 53.3 Å². The van der Waals surface area contributed by atoms with Crippen LogP contribution in [0.25, 0.3) is 22.3 Å². The van der Waals surface area contributed by atoms with Crippen LogP contribution in [-0.4, -0.2) is 42.5 Å². The van der Waals surface area contributed by atoms with Gasteiger partial charge in [-0.15, -0.1) is 0 Å². The minimum atomic E-state index is -0.460. The van der Waals surface area contributed by atoms with Gasteiger partial charge >= 0.3 is 0 Å². The van der Waals surface area contributed by atoms with E-state index >= 15 is 0 Å². The SMILES string of the molecule is Cc1ncc(COc2cc(F)cc(Oc3ccc(-c4nn(CC5(C)COC5)c5ncnc(N)c45)cc3)c2)n1C. The van der Waals surface area contributed by atoms with E-state index < -0.39 is 5.82 Å². The van der Waals surface area contributed by atoms with E-state index in [-0.39, 0.29) is 12.0 Å². The second-order valence-electron chi connectivity index (χ2n) is 10.2. The summed E-state index contributed by atoms with van der Waals surface area (Å²) in [6, 6.07) is 11.6. The van der Waals surface area contributed by atoms with Crippen molar-refractivity contribution in [2.24, 2.45) is 12.5 Å². The van der Waals surface area contributed by atoms with Crippen molar-refractivity contribution < 1.29 is 18.6 Å². The van der Waals surface area contributed by atoms with Gasteiger partial charge in [-0.25, -0.2) is 24.0 Å². The molecule has 4 heterocycles. The van der Waals surface area contributed by atoms with Gasteiger partial charge in [-0.1, -0.05) is 6.92 Å². The fraction of sp³-hybridized carbons (Fsp3) is 0.286. The average molecular weight is 530 g/mol. The zero-order chi connectivity index (χ0) is 27.1. The first-order valence-electron chi connectivity index (χ1n) is 12.5. The number of nitrogen functional groups attached to an aromatic ring is 1. The highest BCUT2D eigenvalue weighted by Gasteiger charge is 2.35. The van der Waals surface area contributed by atoms with E-state index in [2.05, 4.69) is 21.9 Å². The molecule has 1 fully saturated rings. The van der Waals surface area contributed by atoms with Crippen LogP contribution in [0, 0.1) is 18.2 Å². The monoisotopic (exact) mass is 529 g/mol. The van der Waals surface area contributed by atoms with Crippen LogP contribution >= 0.6 is 0 Å². The van der Waals surface area contributed by atoms with Crippen LogP contribution in [0.2, 0.25) is 0 Å². The lowest BCUT2D eigenvalue weighted by Gasteiger charge is -2.37. The number of rotatable bonds is 8. The molecule has 5 aromatic rings. The number of halogens is 1. The molecule has 1 aliphatic heterocycles. The van der Waals surface area contributed by atoms with Gasteiger partial charge in [-0.3, -0.25) is 0 Å². The van der Waals surface area contributed by atoms with Gasteiger partial charge in [0.2, 0.25) is 0 Å². The molecule has 1 aliphatic rings. The van der Waals surface area contributed by atoms with E-state index in [1.165, 1.54) is 18.5 Å². The summed E-state index contributed by atoms with van der Waals surface area (Å²) in [5.74, 6) is 1.99. The highest BCUT2D eigenvalue weighted by molar-refractivity contribution is 5.98. The normalized spacial score (nSPS) is 14.4. The second kappa shape index (κ2) is 9.66. The number of fused-ring (bicyclic) bond motifs is 1. The Hall–Kier alpha value is -4.51. The lowest BCUT2D eigenvalue weighted by molar-refractivity contribution is -0.111. The molecule has 2 aromatic carbocycles. The molecule has 0 saturated carbocycles. The first-order valence-corrected chi connectivity index (χ1v) is 12.5. The second-order valence-corrected chi connectivity index (χ2v) is 10.2. The van der Waals surface area contributed by atoms with Gasteiger partial charge in [0.25, 0.3) is 0 Å². The molecule has 0 radical (unpaired) electrons. The molecule has 39 heavy (non-hydrogen) atoms. The van der Waals surface area contributed by atoms with E-state index in [4.69, 9.17) is 25.0 Å². The topological polar surface area (TPSA) is 115 Å². The van der Waals surface area contributed by atoms with Crippen molar-refractivity contribution in [1.82, 2.24) is 29.3 Å². The molecular formula is C28H28FN7O3. The number of nitrogens with two attached hydrogens (primary N) is 1. The Morgan fingerprint density at radius 2 is 1.82 bits per heavy atom. The van der Waals surface area contributed by atoms with Crippen molar-refractivity contribution in [2.45, 2.75) is 27.0 Å². The number of nitrogens with zero attached hydrogens (tertiary/aromatic N) is 6. The fourth-order valence-electron chi connectivity index (χ4n) is 4.58. The third-order valence-corrected chi connectivity index (χ3v) is 6.90. The van der Waals surface area contributed by atoms with Gasteiger partial charge in [-0.05, 0) is 31.2 Å². The fourth-order valence-corrected chi connectivity index (χ4v) is 4.58. The van der Waals surface area contributed by atoms with Gasteiger partial charge in [0.05, 0.1) is 37.0 Å². The van der Waals surface area contributed by atoms with Crippen LogP contribution in [0.15, 0.2) is 55.0 Å². The third kappa shape index (κ3) is 4.88. The Kier molecular flexibility index (Phi) is 6.15. The molecule has 200 valence electrons. The van der Waals surface area contributed by atoms with Crippen LogP contribution in [0.1, 0.15) is 18.4 Å². The molecular weight excluding hydrogens is 501 g/mol. The zero-order valence-corrected chi connectivity index (χ0v) is 21.9. The number of aromatic nitrogens is 6. The van der Waals surface area contributed by atoms with Crippen molar-refractivity contribution in [2.75, 3.05) is 18.9 Å². The lowest BCUT2D eigenvalue weighted by atomic mass is 9.89. The first-order chi connectivity index (χ1) is 18.8. The van der Waals surface area contributed by atoms with Crippen molar-refractivity contribution in [3.8, 4) is 28.5 Å². The number of hydrogen-bond donors (Lipinski definition) is 1. The molecule has 10 nitrogen and oxygen atoms in total. The van der Waals surface area contributed by atoms with E-state index in [9.17, 15) is 4.39 Å². The summed E-state index contributed by atoms with van der Waals surface area (Å²) in [5.41, 5.74) is 9.32. The Labute approximate surface area is 224 Å². The van der Waals surface area contributed by atoms with Crippen LogP contribution in [0.3, 0.4) is 0 Å². The number of anilines is 1. The number of aryl methyl sites for hydroxylation is 1. The summed E-state index contributed by atoms with van der Waals surface area (Å²) in [7, 11) is 1.91. The maximum Gasteiger partial charge on any atom is 0.163 e. The summed E-state index contributed by atoms with van der Waals surface area (Å²) in [6.07, 6.45) is 3.19. The van der Waals surface area contributed by atoms with Crippen molar-refractivity contribution in [3.05, 3.63) is 72.3 Å². The smallest absolute Gasteiger partial charge is 0.163 e. The molecule has 11 heteroatoms. The molecule has 0 aliphatic carbocycles. The van der Waals surface area contributed by atoms with E-state index in [0.29, 0.717) is 59.6 Å². The van der Waals surface area contributed by atoms with Crippen molar-refractivity contribution >= 4 is 16.9 Å². The predicted octanol–water partition coefficient (Wildman–Crippen LogP) is 4.66. The van der Waals surface area contributed by atoms with Crippen LogP contribution < -0.4 is 15.2 Å². The molecule has 6 rings (SSSR count). The molecule has 0 spiro atoms. The minimum Gasteiger partial charge on any atom is -0.487 e. The van der Waals surface area contributed by atoms with E-state index in [1.54, 1.807) is 24.4 Å². The third-order valence-electron chi connectivity index (χ3n) is 6.90. The number of ether oxygens (including phenoxy) is 3. The molecule has 0 amide bonds. The highest BCUT2D eigenvalue weighted by atomic mass is 19.1. The van der Waals surface area contributed by atoms with Crippen molar-refractivity contribution in [1.29, 1.82) is 0 Å². The maximum atomic E-state index is 14.3. The van der Waals surface area contributed by atoms with Crippen LogP contribution in [0.5, 0.6) is 17.2 Å². The Morgan fingerprint density at radius 1 is 1.05 bits per heavy atom. The number of hydrogen-bond acceptors (Lipinski definition) is 8. The van der Waals surface area contributed by atoms with Gasteiger partial charge in [-0.2, -0.15) is 5.10 Å².